The van der Waals surface area contributed by atoms with Gasteiger partial charge in [-0.15, -0.1) is 0 Å². The Morgan fingerprint density at radius 1 is 0.795 bits per heavy atom. The Hall–Kier alpha value is -3.61. The van der Waals surface area contributed by atoms with Gasteiger partial charge in [0.2, 0.25) is 0 Å². The summed E-state index contributed by atoms with van der Waals surface area (Å²) in [6, 6.07) is 29.3. The summed E-state index contributed by atoms with van der Waals surface area (Å²) in [5.74, 6) is 0.894. The molecule has 0 spiro atoms. The predicted octanol–water partition coefficient (Wildman–Crippen LogP) is 5.69. The number of halogens is 1. The minimum atomic E-state index is -0.0895. The largest absolute Gasteiger partial charge is 1.00 e. The number of hydrogen-bond donors (Lipinski definition) is 0. The minimum Gasteiger partial charge on any atom is -1.00 e. The number of hydrogen-bond acceptors (Lipinski definition) is 3. The molecule has 4 aromatic carbocycles. The molecule has 5 rings (SSSR count). The SMILES string of the molecule is CC[N+](CC)(CCCCN(Cc1ccc2ccccc2c1)C(=O)c1cc2cccc(OC)c2o1)Cc1cc(C)cc(C)c1.[Br-]. The van der Waals surface area contributed by atoms with E-state index in [4.69, 9.17) is 9.15 Å². The van der Waals surface area contributed by atoms with E-state index in [9.17, 15) is 4.79 Å². The molecule has 1 aromatic heterocycles. The maximum Gasteiger partial charge on any atom is 0.289 e. The van der Waals surface area contributed by atoms with Crippen LogP contribution in [0.2, 0.25) is 0 Å². The number of furan rings is 1. The van der Waals surface area contributed by atoms with Crippen molar-refractivity contribution in [3.05, 3.63) is 113 Å². The Labute approximate surface area is 272 Å². The van der Waals surface area contributed by atoms with Gasteiger partial charge in [0, 0.05) is 24.0 Å². The summed E-state index contributed by atoms with van der Waals surface area (Å²) in [6.07, 6.45) is 1.97. The van der Waals surface area contributed by atoms with E-state index in [1.807, 2.05) is 29.2 Å². The third-order valence-corrected chi connectivity index (χ3v) is 8.86. The maximum absolute atomic E-state index is 14.0. The van der Waals surface area contributed by atoms with Gasteiger partial charge in [0.15, 0.2) is 17.1 Å². The molecule has 1 amide bonds. The summed E-state index contributed by atoms with van der Waals surface area (Å²) in [5, 5.41) is 3.25. The van der Waals surface area contributed by atoms with Gasteiger partial charge in [-0.2, -0.15) is 0 Å². The molecule has 0 bridgehead atoms. The molecule has 0 aliphatic heterocycles. The number of unbranched alkanes of at least 4 members (excludes halogenated alkanes) is 1. The second kappa shape index (κ2) is 14.9. The number of carbonyl (C=O) groups is 1. The number of benzene rings is 4. The van der Waals surface area contributed by atoms with Crippen LogP contribution in [-0.2, 0) is 13.1 Å². The molecular formula is C38H45BrN2O3. The number of methoxy groups -OCH3 is 1. The van der Waals surface area contributed by atoms with Crippen LogP contribution >= 0.6 is 0 Å². The van der Waals surface area contributed by atoms with E-state index < -0.39 is 0 Å². The lowest BCUT2D eigenvalue weighted by atomic mass is 10.1. The van der Waals surface area contributed by atoms with E-state index in [1.165, 1.54) is 27.5 Å². The molecule has 0 saturated heterocycles. The lowest BCUT2D eigenvalue weighted by molar-refractivity contribution is -0.938. The van der Waals surface area contributed by atoms with Crippen molar-refractivity contribution in [2.75, 3.05) is 33.3 Å². The van der Waals surface area contributed by atoms with Crippen molar-refractivity contribution in [1.82, 2.24) is 4.90 Å². The van der Waals surface area contributed by atoms with Crippen molar-refractivity contribution in [2.45, 2.75) is 53.6 Å². The van der Waals surface area contributed by atoms with Crippen molar-refractivity contribution >= 4 is 27.6 Å². The van der Waals surface area contributed by atoms with Crippen molar-refractivity contribution < 1.29 is 35.4 Å². The molecule has 1 heterocycles. The van der Waals surface area contributed by atoms with E-state index in [0.717, 1.165) is 54.5 Å². The number of fused-ring (bicyclic) bond motifs is 2. The number of nitrogens with zero attached hydrogens (tertiary/aromatic N) is 2. The van der Waals surface area contributed by atoms with Crippen LogP contribution in [0.25, 0.3) is 21.7 Å². The molecule has 6 heteroatoms. The molecule has 0 fully saturated rings. The summed E-state index contributed by atoms with van der Waals surface area (Å²) in [7, 11) is 1.62. The predicted molar refractivity (Wildman–Crippen MR) is 177 cm³/mol. The monoisotopic (exact) mass is 656 g/mol. The van der Waals surface area contributed by atoms with Gasteiger partial charge in [0.25, 0.3) is 5.91 Å². The van der Waals surface area contributed by atoms with E-state index in [2.05, 4.69) is 88.4 Å². The summed E-state index contributed by atoms with van der Waals surface area (Å²) in [6.45, 7) is 14.5. The molecule has 0 atom stereocenters. The molecular weight excluding hydrogens is 612 g/mol. The average molecular weight is 658 g/mol. The molecule has 0 aliphatic rings. The Kier molecular flexibility index (Phi) is 11.3. The van der Waals surface area contributed by atoms with Gasteiger partial charge in [-0.25, -0.2) is 0 Å². The summed E-state index contributed by atoms with van der Waals surface area (Å²) >= 11 is 0. The highest BCUT2D eigenvalue weighted by Crippen LogP contribution is 2.29. The minimum absolute atomic E-state index is 0. The zero-order chi connectivity index (χ0) is 30.4. The topological polar surface area (TPSA) is 42.7 Å². The Bertz CT molecular complexity index is 1690. The number of ether oxygens (including phenoxy) is 1. The number of quaternary nitrogens is 1. The second-order valence-electron chi connectivity index (χ2n) is 12.0. The van der Waals surface area contributed by atoms with Crippen LogP contribution in [-0.4, -0.2) is 48.6 Å². The van der Waals surface area contributed by atoms with Gasteiger partial charge in [0.05, 0.1) is 26.7 Å². The maximum atomic E-state index is 14.0. The Morgan fingerprint density at radius 2 is 1.50 bits per heavy atom. The first-order chi connectivity index (χ1) is 20.8. The Balaban J connectivity index is 0.00000442. The number of carbonyl (C=O) groups excluding carboxylic acids is 1. The van der Waals surface area contributed by atoms with Crippen molar-refractivity contribution in [3.63, 3.8) is 0 Å². The van der Waals surface area contributed by atoms with Crippen molar-refractivity contribution in [3.8, 4) is 5.75 Å². The van der Waals surface area contributed by atoms with Crippen LogP contribution in [0.15, 0.2) is 89.3 Å². The summed E-state index contributed by atoms with van der Waals surface area (Å²) in [5.41, 5.74) is 5.79. The van der Waals surface area contributed by atoms with Crippen LogP contribution in [0.4, 0.5) is 0 Å². The normalized spacial score (nSPS) is 11.5. The van der Waals surface area contributed by atoms with Gasteiger partial charge < -0.3 is 35.5 Å². The van der Waals surface area contributed by atoms with Crippen LogP contribution in [0.5, 0.6) is 5.75 Å². The average Bonchev–Trinajstić information content (AvgIpc) is 3.46. The smallest absolute Gasteiger partial charge is 0.289 e. The number of rotatable bonds is 13. The number of aryl methyl sites for hydroxylation is 2. The highest BCUT2D eigenvalue weighted by atomic mass is 79.9. The van der Waals surface area contributed by atoms with Gasteiger partial charge in [-0.1, -0.05) is 77.9 Å². The van der Waals surface area contributed by atoms with Crippen LogP contribution in [0.3, 0.4) is 0 Å². The van der Waals surface area contributed by atoms with E-state index in [0.29, 0.717) is 30.2 Å². The summed E-state index contributed by atoms with van der Waals surface area (Å²) < 4.78 is 12.6. The van der Waals surface area contributed by atoms with Crippen LogP contribution in [0, 0.1) is 13.8 Å². The molecule has 0 unspecified atom stereocenters. The quantitative estimate of drug-likeness (QED) is 0.121. The molecule has 44 heavy (non-hydrogen) atoms. The highest BCUT2D eigenvalue weighted by Gasteiger charge is 2.25. The molecule has 5 aromatic rings. The van der Waals surface area contributed by atoms with Crippen LogP contribution in [0.1, 0.15) is 59.5 Å². The lowest BCUT2D eigenvalue weighted by Crippen LogP contribution is -3.00. The fourth-order valence-electron chi connectivity index (χ4n) is 6.41. The van der Waals surface area contributed by atoms with E-state index in [1.54, 1.807) is 7.11 Å². The number of amides is 1. The zero-order valence-corrected chi connectivity index (χ0v) is 28.3. The lowest BCUT2D eigenvalue weighted by Gasteiger charge is -2.37. The molecule has 5 nitrogen and oxygen atoms in total. The second-order valence-corrected chi connectivity index (χ2v) is 12.0. The first-order valence-electron chi connectivity index (χ1n) is 15.6. The molecule has 232 valence electrons. The van der Waals surface area contributed by atoms with Gasteiger partial charge in [-0.3, -0.25) is 4.79 Å². The fraction of sp³-hybridized carbons (Fsp3) is 0.342. The Morgan fingerprint density at radius 3 is 2.20 bits per heavy atom. The first kappa shape index (κ1) is 33.3. The zero-order valence-electron chi connectivity index (χ0n) is 26.7. The standard InChI is InChI=1S/C38H45N2O3.BrH/c1-6-40(7-2,27-31-22-28(3)21-29(4)23-31)20-11-10-19-39(26-30-17-18-32-13-8-9-14-33(32)24-30)38(41)36-25-34-15-12-16-35(42-5)37(34)43-36;/h8-9,12-18,21-25H,6-7,10-11,19-20,26-27H2,1-5H3;1H/q+1;/p-1. The number of para-hydroxylation sites is 1. The van der Waals surface area contributed by atoms with E-state index >= 15 is 0 Å². The summed E-state index contributed by atoms with van der Waals surface area (Å²) in [4.78, 5) is 15.9. The molecule has 0 aliphatic carbocycles. The van der Waals surface area contributed by atoms with Gasteiger partial charge >= 0.3 is 0 Å². The van der Waals surface area contributed by atoms with Crippen LogP contribution < -0.4 is 21.7 Å². The third-order valence-electron chi connectivity index (χ3n) is 8.86. The van der Waals surface area contributed by atoms with Crippen molar-refractivity contribution in [2.24, 2.45) is 0 Å². The molecule has 0 radical (unpaired) electrons. The fourth-order valence-corrected chi connectivity index (χ4v) is 6.41. The first-order valence-corrected chi connectivity index (χ1v) is 15.6. The van der Waals surface area contributed by atoms with Gasteiger partial charge in [0.1, 0.15) is 6.54 Å². The van der Waals surface area contributed by atoms with Crippen molar-refractivity contribution in [1.29, 1.82) is 0 Å². The molecule has 0 N–H and O–H groups in total. The third kappa shape index (κ3) is 7.72. The highest BCUT2D eigenvalue weighted by molar-refractivity contribution is 5.97. The van der Waals surface area contributed by atoms with E-state index in [-0.39, 0.29) is 22.9 Å². The van der Waals surface area contributed by atoms with Gasteiger partial charge in [-0.05, 0) is 75.1 Å². The molecule has 0 saturated carbocycles.